The molecule has 0 bridgehead atoms. The molecule has 0 spiro atoms. The number of hydrogen-bond acceptors (Lipinski definition) is 2. The van der Waals surface area contributed by atoms with E-state index in [1.54, 1.807) is 7.11 Å². The third-order valence-electron chi connectivity index (χ3n) is 6.46. The van der Waals surface area contributed by atoms with Crippen LogP contribution in [-0.2, 0) is 9.47 Å². The molecule has 0 radical (unpaired) electrons. The molecular weight excluding hydrogens is 665 g/mol. The molecule has 0 unspecified atom stereocenters. The number of rotatable bonds is 11. The van der Waals surface area contributed by atoms with Crippen LogP contribution in [0.15, 0.2) is 101 Å². The molecule has 0 aliphatic carbocycles. The molecule has 3 aromatic carbocycles. The zero-order valence-corrected chi connectivity index (χ0v) is 25.6. The summed E-state index contributed by atoms with van der Waals surface area (Å²) in [5, 5.41) is 4.20. The van der Waals surface area contributed by atoms with Crippen molar-refractivity contribution in [2.75, 3.05) is 20.1 Å². The van der Waals surface area contributed by atoms with Gasteiger partial charge in [-0.25, -0.2) is 0 Å². The Labute approximate surface area is 232 Å². The van der Waals surface area contributed by atoms with Crippen LogP contribution in [0.2, 0.25) is 0 Å². The van der Waals surface area contributed by atoms with Crippen LogP contribution < -0.4 is 15.9 Å². The second-order valence-corrected chi connectivity index (χ2v) is 21.4. The van der Waals surface area contributed by atoms with Crippen LogP contribution in [0.4, 0.5) is 0 Å². The topological polar surface area (TPSA) is 18.5 Å². The van der Waals surface area contributed by atoms with Gasteiger partial charge in [0, 0.05) is 0 Å². The van der Waals surface area contributed by atoms with Gasteiger partial charge in [-0.15, -0.1) is 0 Å². The molecule has 0 aliphatic rings. The van der Waals surface area contributed by atoms with Crippen molar-refractivity contribution in [3.05, 3.63) is 101 Å². The first-order valence-electron chi connectivity index (χ1n) is 11.7. The molecule has 3 rings (SSSR count). The first-order valence-corrected chi connectivity index (χ1v) is 17.9. The molecule has 5 heteroatoms. The van der Waals surface area contributed by atoms with Crippen molar-refractivity contribution in [2.45, 2.75) is 26.9 Å². The van der Waals surface area contributed by atoms with Gasteiger partial charge >= 0.3 is 234 Å². The predicted octanol–water partition coefficient (Wildman–Crippen LogP) is 7.47. The Bertz CT molecular complexity index is 954. The Kier molecular flexibility index (Phi) is 10.2. The number of halogens is 2. The average Bonchev–Trinajstić information content (AvgIpc) is 2.85. The molecule has 2 nitrogen and oxygen atoms in total. The number of allylic oxidation sites excluding steroid dienone is 1. The molecule has 3 aromatic rings. The molecule has 0 saturated carbocycles. The standard InChI is InChI=1S/C29H35I2O2P/c1-23(20-25(3)30)29(33-22-32-4)24(2)21-34(31,26-14-8-5-9-15-26,27-16-10-6-11-17-27)28-18-12-7-13-19-28/h5-20,23-24,29H,21-22H2,1-4H3/b25-20-/t23-,24-,29+/m0/s1. The van der Waals surface area contributed by atoms with Gasteiger partial charge in [0.2, 0.25) is 0 Å². The molecule has 0 saturated heterocycles. The van der Waals surface area contributed by atoms with Crippen LogP contribution in [0.3, 0.4) is 0 Å². The van der Waals surface area contributed by atoms with Crippen molar-refractivity contribution in [3.8, 4) is 0 Å². The van der Waals surface area contributed by atoms with Crippen LogP contribution in [0.5, 0.6) is 0 Å². The molecule has 34 heavy (non-hydrogen) atoms. The van der Waals surface area contributed by atoms with Gasteiger partial charge in [0.05, 0.1) is 0 Å². The van der Waals surface area contributed by atoms with Gasteiger partial charge in [0.15, 0.2) is 0 Å². The van der Waals surface area contributed by atoms with E-state index in [0.717, 1.165) is 6.16 Å². The van der Waals surface area contributed by atoms with Gasteiger partial charge in [0.25, 0.3) is 0 Å². The van der Waals surface area contributed by atoms with Crippen LogP contribution in [0.1, 0.15) is 20.8 Å². The van der Waals surface area contributed by atoms with E-state index in [2.05, 4.69) is 162 Å². The van der Waals surface area contributed by atoms with Gasteiger partial charge in [-0.3, -0.25) is 0 Å². The van der Waals surface area contributed by atoms with Gasteiger partial charge in [-0.1, -0.05) is 0 Å². The summed E-state index contributed by atoms with van der Waals surface area (Å²) in [5.41, 5.74) is 0. The molecule has 182 valence electrons. The minimum atomic E-state index is -2.87. The third-order valence-corrected chi connectivity index (χ3v) is 18.4. The van der Waals surface area contributed by atoms with Gasteiger partial charge in [0.1, 0.15) is 0 Å². The van der Waals surface area contributed by atoms with E-state index in [-0.39, 0.29) is 17.9 Å². The van der Waals surface area contributed by atoms with E-state index in [9.17, 15) is 0 Å². The quantitative estimate of drug-likeness (QED) is 0.118. The Morgan fingerprint density at radius 3 is 1.59 bits per heavy atom. The zero-order chi connectivity index (χ0) is 24.6. The summed E-state index contributed by atoms with van der Waals surface area (Å²) in [7, 11) is 1.70. The fraction of sp³-hybridized carbons (Fsp3) is 0.310. The van der Waals surface area contributed by atoms with Crippen LogP contribution in [-0.4, -0.2) is 26.2 Å². The van der Waals surface area contributed by atoms with Crippen molar-refractivity contribution in [1.29, 1.82) is 0 Å². The average molecular weight is 700 g/mol. The summed E-state index contributed by atoms with van der Waals surface area (Å²) in [5.74, 6) is 0.557. The van der Waals surface area contributed by atoms with E-state index in [4.69, 9.17) is 9.47 Å². The monoisotopic (exact) mass is 700 g/mol. The summed E-state index contributed by atoms with van der Waals surface area (Å²) >= 11 is 5.26. The van der Waals surface area contributed by atoms with Crippen molar-refractivity contribution in [2.24, 2.45) is 11.8 Å². The maximum atomic E-state index is 6.36. The van der Waals surface area contributed by atoms with Gasteiger partial charge in [-0.05, 0) is 0 Å². The molecule has 0 heterocycles. The van der Waals surface area contributed by atoms with E-state index in [0.29, 0.717) is 6.79 Å². The summed E-state index contributed by atoms with van der Waals surface area (Å²) in [6.45, 7) is 7.05. The van der Waals surface area contributed by atoms with Crippen LogP contribution in [0, 0.1) is 11.8 Å². The molecule has 0 N–H and O–H groups in total. The number of benzene rings is 3. The zero-order valence-electron chi connectivity index (χ0n) is 20.4. The summed E-state index contributed by atoms with van der Waals surface area (Å²) in [6, 6.07) is 33.3. The molecule has 3 atom stereocenters. The Balaban J connectivity index is 2.24. The van der Waals surface area contributed by atoms with E-state index in [1.807, 2.05) is 0 Å². The first kappa shape index (κ1) is 27.8. The van der Waals surface area contributed by atoms with Crippen LogP contribution >= 0.6 is 48.9 Å². The molecule has 0 fully saturated rings. The van der Waals surface area contributed by atoms with Crippen LogP contribution in [0.25, 0.3) is 0 Å². The fourth-order valence-corrected chi connectivity index (χ4v) is 15.6. The van der Waals surface area contributed by atoms with Crippen molar-refractivity contribution < 1.29 is 9.47 Å². The van der Waals surface area contributed by atoms with Crippen molar-refractivity contribution in [3.63, 3.8) is 0 Å². The number of ether oxygens (including phenoxy) is 2. The van der Waals surface area contributed by atoms with Gasteiger partial charge in [-0.2, -0.15) is 0 Å². The van der Waals surface area contributed by atoms with E-state index >= 15 is 0 Å². The predicted molar refractivity (Wildman–Crippen MR) is 167 cm³/mol. The summed E-state index contributed by atoms with van der Waals surface area (Å²) in [6.07, 6.45) is 3.35. The first-order chi connectivity index (χ1) is 16.3. The van der Waals surface area contributed by atoms with Crippen molar-refractivity contribution in [1.82, 2.24) is 0 Å². The summed E-state index contributed by atoms with van der Waals surface area (Å²) < 4.78 is 10.1. The SMILES string of the molecule is COCO[C@H]([C@@H](C)/C=C(/C)I)[C@@H](C)CP(I)(c1ccccc1)(c1ccccc1)c1ccccc1. The number of hydrogen-bond donors (Lipinski definition) is 0. The minimum absolute atomic E-state index is 0.0390. The van der Waals surface area contributed by atoms with Gasteiger partial charge < -0.3 is 0 Å². The van der Waals surface area contributed by atoms with E-state index in [1.165, 1.54) is 19.5 Å². The molecule has 0 aliphatic heterocycles. The Hall–Kier alpha value is -0.790. The second-order valence-electron chi connectivity index (χ2n) is 9.00. The third kappa shape index (κ3) is 5.95. The Morgan fingerprint density at radius 1 is 0.824 bits per heavy atom. The number of methoxy groups -OCH3 is 1. The second kappa shape index (κ2) is 12.4. The molecular formula is C29H35I2O2P. The fourth-order valence-electron chi connectivity index (χ4n) is 5.06. The maximum absolute atomic E-state index is 6.36. The molecule has 0 amide bonds. The van der Waals surface area contributed by atoms with Crippen molar-refractivity contribution >= 4 is 64.8 Å². The molecule has 0 aromatic heterocycles. The summed E-state index contributed by atoms with van der Waals surface area (Å²) in [4.78, 5) is 0. The van der Waals surface area contributed by atoms with E-state index < -0.39 is 4.25 Å². The normalized spacial score (nSPS) is 16.3. The Morgan fingerprint density at radius 2 is 1.24 bits per heavy atom.